The second-order valence-corrected chi connectivity index (χ2v) is 3.42. The molecule has 0 spiro atoms. The Labute approximate surface area is 108 Å². The molecule has 0 bridgehead atoms. The quantitative estimate of drug-likeness (QED) is 0.387. The van der Waals surface area contributed by atoms with Gasteiger partial charge in [0.25, 0.3) is 0 Å². The molecule has 0 aromatic heterocycles. The van der Waals surface area contributed by atoms with Crippen molar-refractivity contribution >= 4 is 47.4 Å². The van der Waals surface area contributed by atoms with Crippen molar-refractivity contribution in [3.8, 4) is 0 Å². The van der Waals surface area contributed by atoms with Crippen LogP contribution in [0.4, 0.5) is 0 Å². The van der Waals surface area contributed by atoms with Crippen molar-refractivity contribution in [2.45, 2.75) is 4.90 Å². The van der Waals surface area contributed by atoms with Gasteiger partial charge in [-0.3, -0.25) is 0 Å². The number of hydrogen-bond donors (Lipinski definition) is 1. The molecular weight excluding hydrogens is 233 g/mol. The number of benzene rings is 1. The van der Waals surface area contributed by atoms with Crippen LogP contribution in [0.3, 0.4) is 0 Å². The van der Waals surface area contributed by atoms with E-state index in [1.165, 1.54) is 0 Å². The average molecular weight is 237 g/mol. The van der Waals surface area contributed by atoms with Gasteiger partial charge in [0.2, 0.25) is 0 Å². The summed E-state index contributed by atoms with van der Waals surface area (Å²) in [6.45, 7) is 0. The van der Waals surface area contributed by atoms with Crippen molar-refractivity contribution in [1.29, 1.82) is 0 Å². The zero-order valence-electron chi connectivity index (χ0n) is 5.74. The number of hydrogen-bond acceptors (Lipinski definition) is 1. The summed E-state index contributed by atoms with van der Waals surface area (Å²) in [5.74, 6) is 0. The van der Waals surface area contributed by atoms with Gasteiger partial charge in [-0.1, -0.05) is 34.8 Å². The van der Waals surface area contributed by atoms with Crippen molar-refractivity contribution in [2.75, 3.05) is 0 Å². The van der Waals surface area contributed by atoms with E-state index in [-0.39, 0.29) is 29.6 Å². The van der Waals surface area contributed by atoms with Gasteiger partial charge in [-0.25, -0.2) is 0 Å². The zero-order valence-corrected chi connectivity index (χ0v) is 10.9. The van der Waals surface area contributed by atoms with Gasteiger partial charge in [-0.2, -0.15) is 0 Å². The van der Waals surface area contributed by atoms with Crippen LogP contribution in [0, 0.1) is 0 Å². The summed E-state index contributed by atoms with van der Waals surface area (Å²) >= 11 is 21.0. The van der Waals surface area contributed by atoms with Crippen LogP contribution in [0.25, 0.3) is 0 Å². The van der Waals surface area contributed by atoms with Crippen molar-refractivity contribution in [3.05, 3.63) is 27.2 Å². The van der Waals surface area contributed by atoms with E-state index < -0.39 is 0 Å². The first-order valence-corrected chi connectivity index (χ1v) is 4.03. The minimum atomic E-state index is 0. The maximum atomic E-state index is 5.67. The smallest absolute Gasteiger partial charge is 0.142 e. The molecule has 0 heterocycles. The average Bonchev–Trinajstić information content (AvgIpc) is 1.84. The van der Waals surface area contributed by atoms with E-state index >= 15 is 0 Å². The molecule has 0 radical (unpaired) electrons. The van der Waals surface area contributed by atoms with Gasteiger partial charge in [0.15, 0.2) is 0 Å². The predicted octanol–water partition coefficient (Wildman–Crippen LogP) is 0.940. The van der Waals surface area contributed by atoms with Gasteiger partial charge >= 0.3 is 29.6 Å². The van der Waals surface area contributed by atoms with Crippen molar-refractivity contribution in [3.63, 3.8) is 0 Å². The fourth-order valence-corrected chi connectivity index (χ4v) is 1.33. The Morgan fingerprint density at radius 1 is 0.909 bits per heavy atom. The van der Waals surface area contributed by atoms with E-state index in [2.05, 4.69) is 12.6 Å². The Morgan fingerprint density at radius 3 is 1.82 bits per heavy atom. The van der Waals surface area contributed by atoms with Crippen LogP contribution in [0.15, 0.2) is 17.0 Å². The summed E-state index contributed by atoms with van der Waals surface area (Å²) in [5.41, 5.74) is 0. The van der Waals surface area contributed by atoms with Crippen LogP contribution in [0.5, 0.6) is 0 Å². The third-order valence-corrected chi connectivity index (χ3v) is 2.53. The zero-order chi connectivity index (χ0) is 7.72. The first-order valence-electron chi connectivity index (χ1n) is 2.45. The summed E-state index contributed by atoms with van der Waals surface area (Å²) in [6, 6.07) is 3.17. The topological polar surface area (TPSA) is 0 Å². The van der Waals surface area contributed by atoms with Crippen LogP contribution in [0.1, 0.15) is 0 Å². The van der Waals surface area contributed by atoms with Crippen molar-refractivity contribution < 1.29 is 29.6 Å². The molecule has 1 rings (SSSR count). The Balaban J connectivity index is 0.000001000. The fourth-order valence-electron chi connectivity index (χ4n) is 0.512. The molecule has 11 heavy (non-hydrogen) atoms. The van der Waals surface area contributed by atoms with E-state index in [0.29, 0.717) is 20.0 Å². The van der Waals surface area contributed by atoms with Crippen molar-refractivity contribution in [1.82, 2.24) is 0 Å². The van der Waals surface area contributed by atoms with E-state index in [1.807, 2.05) is 0 Å². The molecule has 5 heteroatoms. The standard InChI is InChI=1S/C6H3Cl3S.Na/c7-3-1-5(9)6(10)2-4(3)8;/h1-2,10H;/q;+1. The molecule has 0 N–H and O–H groups in total. The number of thiol groups is 1. The molecule has 0 aliphatic carbocycles. The third-order valence-electron chi connectivity index (χ3n) is 0.990. The number of halogens is 3. The van der Waals surface area contributed by atoms with E-state index in [1.54, 1.807) is 12.1 Å². The molecule has 0 nitrogen and oxygen atoms in total. The van der Waals surface area contributed by atoms with Gasteiger partial charge in [-0.15, -0.1) is 12.6 Å². The minimum Gasteiger partial charge on any atom is -0.142 e. The molecule has 0 amide bonds. The van der Waals surface area contributed by atoms with Gasteiger partial charge in [0, 0.05) is 4.90 Å². The second-order valence-electron chi connectivity index (χ2n) is 1.72. The van der Waals surface area contributed by atoms with Crippen LogP contribution < -0.4 is 29.6 Å². The molecule has 54 valence electrons. The molecule has 0 saturated carbocycles. The fraction of sp³-hybridized carbons (Fsp3) is 0. The summed E-state index contributed by atoms with van der Waals surface area (Å²) in [5, 5.41) is 1.43. The molecule has 1 aromatic carbocycles. The van der Waals surface area contributed by atoms with Crippen molar-refractivity contribution in [2.24, 2.45) is 0 Å². The summed E-state index contributed by atoms with van der Waals surface area (Å²) in [7, 11) is 0. The summed E-state index contributed by atoms with van der Waals surface area (Å²) in [6.07, 6.45) is 0. The van der Waals surface area contributed by atoms with E-state index in [4.69, 9.17) is 34.8 Å². The molecule has 0 atom stereocenters. The SMILES string of the molecule is Sc1cc(Cl)c(Cl)cc1Cl.[Na+]. The first-order chi connectivity index (χ1) is 4.61. The second kappa shape index (κ2) is 5.23. The predicted molar refractivity (Wildman–Crippen MR) is 48.7 cm³/mol. The summed E-state index contributed by atoms with van der Waals surface area (Å²) in [4.78, 5) is 0.635. The minimum absolute atomic E-state index is 0. The van der Waals surface area contributed by atoms with Crippen LogP contribution in [-0.2, 0) is 0 Å². The largest absolute Gasteiger partial charge is 1.00 e. The summed E-state index contributed by atoms with van der Waals surface area (Å²) < 4.78 is 0. The molecule has 0 unspecified atom stereocenters. The third kappa shape index (κ3) is 3.35. The maximum Gasteiger partial charge on any atom is 1.00 e. The molecular formula is C6H3Cl3NaS+. The monoisotopic (exact) mass is 235 g/mol. The van der Waals surface area contributed by atoms with Gasteiger partial charge in [0.1, 0.15) is 0 Å². The maximum absolute atomic E-state index is 5.67. The first kappa shape index (κ1) is 12.4. The Bertz CT molecular complexity index is 214. The molecule has 0 aliphatic heterocycles. The normalized spacial score (nSPS) is 9.09. The van der Waals surface area contributed by atoms with E-state index in [9.17, 15) is 0 Å². The molecule has 0 aliphatic rings. The van der Waals surface area contributed by atoms with Crippen LogP contribution in [0.2, 0.25) is 15.1 Å². The Hall–Kier alpha value is 1.44. The van der Waals surface area contributed by atoms with Crippen LogP contribution >= 0.6 is 47.4 Å². The van der Waals surface area contributed by atoms with Crippen LogP contribution in [-0.4, -0.2) is 0 Å². The molecule has 0 saturated heterocycles. The van der Waals surface area contributed by atoms with Gasteiger partial charge in [-0.05, 0) is 12.1 Å². The molecule has 0 fully saturated rings. The Morgan fingerprint density at radius 2 is 1.36 bits per heavy atom. The Kier molecular flexibility index (Phi) is 5.92. The number of rotatable bonds is 0. The van der Waals surface area contributed by atoms with Gasteiger partial charge < -0.3 is 0 Å². The van der Waals surface area contributed by atoms with Gasteiger partial charge in [0.05, 0.1) is 15.1 Å². The van der Waals surface area contributed by atoms with E-state index in [0.717, 1.165) is 0 Å². The molecule has 1 aromatic rings.